The van der Waals surface area contributed by atoms with Gasteiger partial charge in [0.1, 0.15) is 11.4 Å². The summed E-state index contributed by atoms with van der Waals surface area (Å²) in [5.41, 5.74) is 2.77. The van der Waals surface area contributed by atoms with E-state index in [2.05, 4.69) is 15.5 Å². The summed E-state index contributed by atoms with van der Waals surface area (Å²) in [4.78, 5) is 12.8. The van der Waals surface area contributed by atoms with Crippen LogP contribution in [-0.2, 0) is 16.4 Å². The first kappa shape index (κ1) is 22.3. The van der Waals surface area contributed by atoms with E-state index in [1.807, 2.05) is 31.2 Å². The molecule has 0 fully saturated rings. The number of thioether (sulfide) groups is 1. The predicted molar refractivity (Wildman–Crippen MR) is 122 cm³/mol. The molecule has 0 amide bonds. The van der Waals surface area contributed by atoms with Crippen molar-refractivity contribution in [2.45, 2.75) is 25.4 Å². The maximum absolute atomic E-state index is 12.8. The quantitative estimate of drug-likeness (QED) is 0.345. The third-order valence-corrected chi connectivity index (χ3v) is 7.82. The molecule has 32 heavy (non-hydrogen) atoms. The van der Waals surface area contributed by atoms with Crippen molar-refractivity contribution in [2.24, 2.45) is 0 Å². The summed E-state index contributed by atoms with van der Waals surface area (Å²) in [7, 11) is -3.31. The van der Waals surface area contributed by atoms with Crippen LogP contribution in [0.2, 0.25) is 0 Å². The van der Waals surface area contributed by atoms with Crippen LogP contribution in [-0.4, -0.2) is 59.1 Å². The van der Waals surface area contributed by atoms with Crippen molar-refractivity contribution in [1.29, 1.82) is 0 Å². The summed E-state index contributed by atoms with van der Waals surface area (Å²) in [5.74, 6) is 0.764. The number of rotatable bonds is 9. The number of ketones is 1. The third-order valence-electron chi connectivity index (χ3n) is 5.12. The molecular formula is C21H23N5O4S2. The number of benzene rings is 2. The SMILES string of the molecule is CCOc1ccccc1-n1nnnc1SCC(=O)c1ccc2c(c1)CCN2S(=O)(=O)CC. The van der Waals surface area contributed by atoms with Gasteiger partial charge in [-0.2, -0.15) is 4.68 Å². The van der Waals surface area contributed by atoms with Gasteiger partial charge in [0, 0.05) is 12.1 Å². The second kappa shape index (κ2) is 9.29. The molecule has 0 spiro atoms. The summed E-state index contributed by atoms with van der Waals surface area (Å²) < 4.78 is 33.1. The number of carbonyl (C=O) groups is 1. The highest BCUT2D eigenvalue weighted by molar-refractivity contribution is 7.99. The van der Waals surface area contributed by atoms with E-state index in [0.717, 1.165) is 5.56 Å². The molecule has 2 heterocycles. The van der Waals surface area contributed by atoms with Crippen molar-refractivity contribution in [3.8, 4) is 11.4 Å². The standard InChI is InChI=1S/C21H23N5O4S2/c1-3-30-20-8-6-5-7-18(20)26-21(22-23-24-26)31-14-19(27)16-9-10-17-15(13-16)11-12-25(17)32(28,29)4-2/h5-10,13H,3-4,11-12,14H2,1-2H3. The number of tetrazole rings is 1. The monoisotopic (exact) mass is 473 g/mol. The first-order chi connectivity index (χ1) is 15.4. The largest absolute Gasteiger partial charge is 0.492 e. The Morgan fingerprint density at radius 3 is 2.75 bits per heavy atom. The van der Waals surface area contributed by atoms with Crippen molar-refractivity contribution >= 4 is 33.3 Å². The second-order valence-electron chi connectivity index (χ2n) is 7.05. The summed E-state index contributed by atoms with van der Waals surface area (Å²) >= 11 is 1.24. The Morgan fingerprint density at radius 2 is 1.97 bits per heavy atom. The van der Waals surface area contributed by atoms with Gasteiger partial charge in [-0.25, -0.2) is 8.42 Å². The second-order valence-corrected chi connectivity index (χ2v) is 10.2. The van der Waals surface area contributed by atoms with Gasteiger partial charge in [0.05, 0.1) is 23.8 Å². The molecule has 11 heteroatoms. The molecule has 9 nitrogen and oxygen atoms in total. The van der Waals surface area contributed by atoms with Gasteiger partial charge in [-0.3, -0.25) is 9.10 Å². The van der Waals surface area contributed by atoms with E-state index >= 15 is 0 Å². The Morgan fingerprint density at radius 1 is 1.16 bits per heavy atom. The predicted octanol–water partition coefficient (Wildman–Crippen LogP) is 2.75. The highest BCUT2D eigenvalue weighted by Crippen LogP contribution is 2.32. The molecule has 0 bridgehead atoms. The van der Waals surface area contributed by atoms with Crippen molar-refractivity contribution in [3.63, 3.8) is 0 Å². The Balaban J connectivity index is 1.49. The minimum atomic E-state index is -3.31. The molecule has 0 N–H and O–H groups in total. The van der Waals surface area contributed by atoms with Crippen LogP contribution in [0.3, 0.4) is 0 Å². The van der Waals surface area contributed by atoms with Gasteiger partial charge in [0.15, 0.2) is 5.78 Å². The molecule has 0 unspecified atom stereocenters. The number of fused-ring (bicyclic) bond motifs is 1. The van der Waals surface area contributed by atoms with Crippen LogP contribution in [0.1, 0.15) is 29.8 Å². The maximum atomic E-state index is 12.8. The topological polar surface area (TPSA) is 107 Å². The number of carbonyl (C=O) groups excluding carboxylic acids is 1. The van der Waals surface area contributed by atoms with Gasteiger partial charge in [0.25, 0.3) is 0 Å². The van der Waals surface area contributed by atoms with Gasteiger partial charge in [-0.1, -0.05) is 23.9 Å². The summed E-state index contributed by atoms with van der Waals surface area (Å²) in [5, 5.41) is 12.3. The molecule has 0 saturated carbocycles. The molecule has 1 aromatic heterocycles. The number of Topliss-reactive ketones (excluding diaryl/α,β-unsaturated/α-hetero) is 1. The smallest absolute Gasteiger partial charge is 0.234 e. The van der Waals surface area contributed by atoms with E-state index < -0.39 is 10.0 Å². The maximum Gasteiger partial charge on any atom is 0.234 e. The lowest BCUT2D eigenvalue weighted by Crippen LogP contribution is -2.30. The minimum absolute atomic E-state index is 0.0465. The summed E-state index contributed by atoms with van der Waals surface area (Å²) in [6.07, 6.45) is 0.593. The number of para-hydroxylation sites is 2. The average Bonchev–Trinajstić information content (AvgIpc) is 3.45. The number of aromatic nitrogens is 4. The molecule has 0 aliphatic carbocycles. The molecule has 0 saturated heterocycles. The number of sulfonamides is 1. The van der Waals surface area contributed by atoms with Crippen LogP contribution in [0.4, 0.5) is 5.69 Å². The van der Waals surface area contributed by atoms with Gasteiger partial charge in [-0.05, 0) is 66.6 Å². The first-order valence-corrected chi connectivity index (χ1v) is 12.8. The van der Waals surface area contributed by atoms with E-state index in [1.54, 1.807) is 29.8 Å². The van der Waals surface area contributed by atoms with E-state index in [9.17, 15) is 13.2 Å². The molecular weight excluding hydrogens is 450 g/mol. The first-order valence-electron chi connectivity index (χ1n) is 10.2. The van der Waals surface area contributed by atoms with E-state index in [0.29, 0.717) is 47.4 Å². The number of hydrogen-bond acceptors (Lipinski definition) is 8. The van der Waals surface area contributed by atoms with E-state index in [1.165, 1.54) is 16.1 Å². The Hall–Kier alpha value is -2.92. The van der Waals surface area contributed by atoms with Crippen molar-refractivity contribution in [1.82, 2.24) is 20.2 Å². The third kappa shape index (κ3) is 4.35. The van der Waals surface area contributed by atoms with E-state index in [4.69, 9.17) is 4.74 Å². The number of anilines is 1. The van der Waals surface area contributed by atoms with E-state index in [-0.39, 0.29) is 17.3 Å². The fourth-order valence-electron chi connectivity index (χ4n) is 3.53. The van der Waals surface area contributed by atoms with Gasteiger partial charge >= 0.3 is 0 Å². The fourth-order valence-corrected chi connectivity index (χ4v) is 5.47. The van der Waals surface area contributed by atoms with Crippen LogP contribution >= 0.6 is 11.8 Å². The van der Waals surface area contributed by atoms with Crippen molar-refractivity contribution in [3.05, 3.63) is 53.6 Å². The van der Waals surface area contributed by atoms with Gasteiger partial charge < -0.3 is 4.74 Å². The number of ether oxygens (including phenoxy) is 1. The molecule has 2 aromatic carbocycles. The van der Waals surface area contributed by atoms with Crippen LogP contribution in [0.15, 0.2) is 47.6 Å². The summed E-state index contributed by atoms with van der Waals surface area (Å²) in [6, 6.07) is 12.6. The molecule has 3 aromatic rings. The normalized spacial score (nSPS) is 13.2. The molecule has 168 valence electrons. The number of nitrogens with zero attached hydrogens (tertiary/aromatic N) is 5. The van der Waals surface area contributed by atoms with Gasteiger partial charge in [-0.15, -0.1) is 5.10 Å². The van der Waals surface area contributed by atoms with Crippen LogP contribution in [0.5, 0.6) is 5.75 Å². The lowest BCUT2D eigenvalue weighted by atomic mass is 10.1. The fraction of sp³-hybridized carbons (Fsp3) is 0.333. The molecule has 1 aliphatic heterocycles. The minimum Gasteiger partial charge on any atom is -0.492 e. The molecule has 1 aliphatic rings. The van der Waals surface area contributed by atoms with Crippen LogP contribution < -0.4 is 9.04 Å². The van der Waals surface area contributed by atoms with Crippen LogP contribution in [0.25, 0.3) is 5.69 Å². The zero-order valence-electron chi connectivity index (χ0n) is 17.8. The lowest BCUT2D eigenvalue weighted by molar-refractivity contribution is 0.102. The highest BCUT2D eigenvalue weighted by atomic mass is 32.2. The zero-order chi connectivity index (χ0) is 22.7. The van der Waals surface area contributed by atoms with Crippen molar-refractivity contribution in [2.75, 3.05) is 29.0 Å². The Labute approximate surface area is 190 Å². The van der Waals surface area contributed by atoms with Crippen LogP contribution in [0, 0.1) is 0 Å². The summed E-state index contributed by atoms with van der Waals surface area (Å²) in [6.45, 7) is 4.45. The average molecular weight is 474 g/mol. The molecule has 4 rings (SSSR count). The highest BCUT2D eigenvalue weighted by Gasteiger charge is 2.28. The van der Waals surface area contributed by atoms with Crippen molar-refractivity contribution < 1.29 is 17.9 Å². The Kier molecular flexibility index (Phi) is 6.47. The Bertz CT molecular complexity index is 1240. The molecule has 0 radical (unpaired) electrons. The molecule has 0 atom stereocenters. The number of hydrogen-bond donors (Lipinski definition) is 0. The zero-order valence-corrected chi connectivity index (χ0v) is 19.4. The van der Waals surface area contributed by atoms with Gasteiger partial charge in [0.2, 0.25) is 15.2 Å². The lowest BCUT2D eigenvalue weighted by Gasteiger charge is -2.18.